The molecule has 0 aliphatic carbocycles. The minimum Gasteiger partial charge on any atom is -0.488 e. The number of hydrogen-bond donors (Lipinski definition) is 1. The van der Waals surface area contributed by atoms with Crippen molar-refractivity contribution in [3.63, 3.8) is 0 Å². The Hall–Kier alpha value is -4.93. The minimum atomic E-state index is -0.300. The normalized spacial score (nSPS) is 10.8. The number of aromatic nitrogens is 1. The monoisotopic (exact) mass is 588 g/mol. The van der Waals surface area contributed by atoms with Crippen molar-refractivity contribution in [3.8, 4) is 28.8 Å². The van der Waals surface area contributed by atoms with Crippen LogP contribution in [0.2, 0.25) is 0 Å². The maximum atomic E-state index is 12.7. The molecule has 0 bridgehead atoms. The molecular formula is C33H25BrN4O2. The van der Waals surface area contributed by atoms with Gasteiger partial charge in [-0.05, 0) is 94.6 Å². The van der Waals surface area contributed by atoms with Crippen molar-refractivity contribution in [1.29, 1.82) is 5.26 Å². The van der Waals surface area contributed by atoms with Gasteiger partial charge in [0.1, 0.15) is 12.4 Å². The van der Waals surface area contributed by atoms with Gasteiger partial charge in [0, 0.05) is 22.5 Å². The van der Waals surface area contributed by atoms with Crippen molar-refractivity contribution in [2.45, 2.75) is 13.5 Å². The molecule has 0 aliphatic rings. The quantitative estimate of drug-likeness (QED) is 0.151. The molecule has 0 unspecified atom stereocenters. The molecule has 5 aromatic rings. The molecule has 40 heavy (non-hydrogen) atoms. The van der Waals surface area contributed by atoms with Crippen LogP contribution in [0.3, 0.4) is 0 Å². The number of nitrogens with one attached hydrogen (secondary N) is 1. The van der Waals surface area contributed by atoms with E-state index < -0.39 is 0 Å². The van der Waals surface area contributed by atoms with Gasteiger partial charge in [0.25, 0.3) is 5.91 Å². The summed E-state index contributed by atoms with van der Waals surface area (Å²) in [5.74, 6) is 0.341. The van der Waals surface area contributed by atoms with Gasteiger partial charge in [0.05, 0.1) is 28.0 Å². The van der Waals surface area contributed by atoms with Gasteiger partial charge >= 0.3 is 0 Å². The number of carbonyl (C=O) groups is 1. The molecule has 0 spiro atoms. The van der Waals surface area contributed by atoms with Crippen molar-refractivity contribution in [1.82, 2.24) is 9.99 Å². The minimum absolute atomic E-state index is 0.280. The van der Waals surface area contributed by atoms with Crippen LogP contribution in [0.4, 0.5) is 0 Å². The van der Waals surface area contributed by atoms with Crippen LogP contribution in [0.15, 0.2) is 119 Å². The van der Waals surface area contributed by atoms with Gasteiger partial charge in [0.15, 0.2) is 0 Å². The third kappa shape index (κ3) is 6.04. The second kappa shape index (κ2) is 12.3. The van der Waals surface area contributed by atoms with Crippen LogP contribution < -0.4 is 10.2 Å². The van der Waals surface area contributed by atoms with Gasteiger partial charge in [-0.25, -0.2) is 5.43 Å². The first-order valence-electron chi connectivity index (χ1n) is 12.6. The molecule has 1 N–H and O–H groups in total. The van der Waals surface area contributed by atoms with Crippen molar-refractivity contribution in [2.24, 2.45) is 5.10 Å². The number of hydrogen-bond acceptors (Lipinski definition) is 4. The number of hydrazone groups is 1. The molecule has 5 rings (SSSR count). The third-order valence-corrected chi connectivity index (χ3v) is 7.01. The Morgan fingerprint density at radius 1 is 0.975 bits per heavy atom. The van der Waals surface area contributed by atoms with Crippen molar-refractivity contribution in [3.05, 3.63) is 142 Å². The van der Waals surface area contributed by atoms with E-state index in [9.17, 15) is 10.1 Å². The van der Waals surface area contributed by atoms with E-state index in [1.807, 2.05) is 66.7 Å². The standard InChI is InChI=1S/C33H25BrN4O2/c1-23-11-17-31(25-7-3-2-4-8-25)38(23)29-15-13-26(14-16-29)33(39)37-36-21-24-12-18-32(30(34)19-24)40-22-28-10-6-5-9-27(28)20-35/h2-19,21H,22H2,1H3,(H,37,39)/b36-21+. The number of benzene rings is 4. The number of aryl methyl sites for hydroxylation is 1. The summed E-state index contributed by atoms with van der Waals surface area (Å²) >= 11 is 3.52. The van der Waals surface area contributed by atoms with Crippen LogP contribution in [0, 0.1) is 18.3 Å². The maximum Gasteiger partial charge on any atom is 0.271 e. The number of halogens is 1. The highest BCUT2D eigenvalue weighted by Gasteiger charge is 2.11. The molecule has 0 atom stereocenters. The van der Waals surface area contributed by atoms with Gasteiger partial charge in [-0.15, -0.1) is 0 Å². The fourth-order valence-electron chi connectivity index (χ4n) is 4.33. The van der Waals surface area contributed by atoms with Crippen molar-refractivity contribution >= 4 is 28.1 Å². The fourth-order valence-corrected chi connectivity index (χ4v) is 4.84. The molecule has 0 fully saturated rings. The first-order valence-corrected chi connectivity index (χ1v) is 13.4. The Bertz CT molecular complexity index is 1720. The molecule has 1 aromatic heterocycles. The van der Waals surface area contributed by atoms with E-state index in [4.69, 9.17) is 4.74 Å². The molecule has 1 heterocycles. The number of rotatable bonds is 8. The summed E-state index contributed by atoms with van der Waals surface area (Å²) in [7, 11) is 0. The highest BCUT2D eigenvalue weighted by Crippen LogP contribution is 2.28. The molecule has 196 valence electrons. The zero-order valence-electron chi connectivity index (χ0n) is 21.7. The summed E-state index contributed by atoms with van der Waals surface area (Å²) in [6.07, 6.45) is 1.57. The van der Waals surface area contributed by atoms with Crippen LogP contribution in [0.25, 0.3) is 16.9 Å². The Balaban J connectivity index is 1.21. The zero-order valence-corrected chi connectivity index (χ0v) is 23.3. The second-order valence-electron chi connectivity index (χ2n) is 9.05. The molecule has 0 saturated carbocycles. The van der Waals surface area contributed by atoms with E-state index in [0.717, 1.165) is 38.2 Å². The highest BCUT2D eigenvalue weighted by molar-refractivity contribution is 9.10. The average molecular weight is 589 g/mol. The first kappa shape index (κ1) is 26.7. The summed E-state index contributed by atoms with van der Waals surface area (Å²) in [5, 5.41) is 13.4. The van der Waals surface area contributed by atoms with Gasteiger partial charge in [-0.2, -0.15) is 10.4 Å². The Labute approximate surface area is 241 Å². The summed E-state index contributed by atoms with van der Waals surface area (Å²) in [5.41, 5.74) is 9.59. The maximum absolute atomic E-state index is 12.7. The van der Waals surface area contributed by atoms with E-state index >= 15 is 0 Å². The molecule has 0 saturated heterocycles. The molecule has 7 heteroatoms. The van der Waals surface area contributed by atoms with Crippen LogP contribution in [-0.4, -0.2) is 16.7 Å². The van der Waals surface area contributed by atoms with Gasteiger partial charge in [0.2, 0.25) is 0 Å². The molecule has 0 aliphatic heterocycles. The van der Waals surface area contributed by atoms with Gasteiger partial charge in [-0.1, -0.05) is 48.5 Å². The lowest BCUT2D eigenvalue weighted by Gasteiger charge is -2.12. The third-order valence-electron chi connectivity index (χ3n) is 6.39. The molecule has 6 nitrogen and oxygen atoms in total. The Kier molecular flexibility index (Phi) is 8.19. The van der Waals surface area contributed by atoms with Crippen LogP contribution in [0.5, 0.6) is 5.75 Å². The summed E-state index contributed by atoms with van der Waals surface area (Å²) in [6.45, 7) is 2.34. The first-order chi connectivity index (χ1) is 19.5. The summed E-state index contributed by atoms with van der Waals surface area (Å²) < 4.78 is 8.79. The van der Waals surface area contributed by atoms with E-state index in [0.29, 0.717) is 16.9 Å². The van der Waals surface area contributed by atoms with Gasteiger partial charge in [-0.3, -0.25) is 4.79 Å². The van der Waals surface area contributed by atoms with Crippen molar-refractivity contribution in [2.75, 3.05) is 0 Å². The largest absolute Gasteiger partial charge is 0.488 e. The Morgan fingerprint density at radius 3 is 2.48 bits per heavy atom. The van der Waals surface area contributed by atoms with Crippen LogP contribution in [0.1, 0.15) is 32.7 Å². The SMILES string of the molecule is Cc1ccc(-c2ccccc2)n1-c1ccc(C(=O)N/N=C/c2ccc(OCc3ccccc3C#N)c(Br)c2)cc1. The number of carbonyl (C=O) groups excluding carboxylic acids is 1. The number of ether oxygens (including phenoxy) is 1. The molecule has 4 aromatic carbocycles. The lowest BCUT2D eigenvalue weighted by atomic mass is 10.1. The predicted molar refractivity (Wildman–Crippen MR) is 161 cm³/mol. The zero-order chi connectivity index (χ0) is 27.9. The average Bonchev–Trinajstić information content (AvgIpc) is 3.38. The van der Waals surface area contributed by atoms with E-state index in [2.05, 4.69) is 68.3 Å². The summed E-state index contributed by atoms with van der Waals surface area (Å²) in [4.78, 5) is 12.7. The predicted octanol–water partition coefficient (Wildman–Crippen LogP) is 7.43. The van der Waals surface area contributed by atoms with Crippen molar-refractivity contribution < 1.29 is 9.53 Å². The lowest BCUT2D eigenvalue weighted by Crippen LogP contribution is -2.17. The van der Waals surface area contributed by atoms with Gasteiger partial charge < -0.3 is 9.30 Å². The fraction of sp³-hybridized carbons (Fsp3) is 0.0606. The molecule has 1 amide bonds. The summed E-state index contributed by atoms with van der Waals surface area (Å²) in [6, 6.07) is 36.9. The van der Waals surface area contributed by atoms with E-state index in [1.165, 1.54) is 0 Å². The highest BCUT2D eigenvalue weighted by atomic mass is 79.9. The second-order valence-corrected chi connectivity index (χ2v) is 9.91. The number of nitriles is 1. The van der Waals surface area contributed by atoms with Crippen LogP contribution >= 0.6 is 15.9 Å². The topological polar surface area (TPSA) is 79.4 Å². The smallest absolute Gasteiger partial charge is 0.271 e. The number of nitrogens with zero attached hydrogens (tertiary/aromatic N) is 3. The number of amides is 1. The molecule has 0 radical (unpaired) electrons. The van der Waals surface area contributed by atoms with E-state index in [1.54, 1.807) is 24.4 Å². The molecular weight excluding hydrogens is 564 g/mol. The lowest BCUT2D eigenvalue weighted by molar-refractivity contribution is 0.0955. The van der Waals surface area contributed by atoms with E-state index in [-0.39, 0.29) is 12.5 Å². The Morgan fingerprint density at radius 2 is 1.73 bits per heavy atom. The van der Waals surface area contributed by atoms with Crippen LogP contribution in [-0.2, 0) is 6.61 Å².